The smallest absolute Gasteiger partial charge is 0.256 e. The Morgan fingerprint density at radius 1 is 1.19 bits per heavy atom. The molecule has 1 unspecified atom stereocenters. The van der Waals surface area contributed by atoms with E-state index in [-0.39, 0.29) is 23.7 Å². The minimum atomic E-state index is -3.57. The number of benzene rings is 1. The summed E-state index contributed by atoms with van der Waals surface area (Å²) in [5.74, 6) is 0.226. The molecule has 2 aromatic rings. The number of amidine groups is 1. The SMILES string of the molecule is O=C(NC(c1ccccc1)c1ccco1)C1=CC=CN2CCS(=O)(=O)N=C12. The van der Waals surface area contributed by atoms with Gasteiger partial charge in [-0.05, 0) is 29.8 Å². The van der Waals surface area contributed by atoms with E-state index in [0.717, 1.165) is 5.56 Å². The summed E-state index contributed by atoms with van der Waals surface area (Å²) in [5.41, 5.74) is 1.05. The number of allylic oxidation sites excluding steroid dienone is 2. The molecule has 0 spiro atoms. The summed E-state index contributed by atoms with van der Waals surface area (Å²) in [7, 11) is -3.57. The van der Waals surface area contributed by atoms with Gasteiger partial charge in [0.15, 0.2) is 5.84 Å². The van der Waals surface area contributed by atoms with Crippen LogP contribution in [0.15, 0.2) is 81.5 Å². The number of furan rings is 1. The third-order valence-electron chi connectivity index (χ3n) is 4.34. The first-order chi connectivity index (χ1) is 13.0. The van der Waals surface area contributed by atoms with E-state index in [1.165, 1.54) is 0 Å². The largest absolute Gasteiger partial charge is 0.467 e. The Kier molecular flexibility index (Phi) is 4.41. The number of sulfonamides is 1. The molecule has 138 valence electrons. The lowest BCUT2D eigenvalue weighted by molar-refractivity contribution is -0.117. The third kappa shape index (κ3) is 3.56. The van der Waals surface area contributed by atoms with Crippen LogP contribution in [0.25, 0.3) is 0 Å². The summed E-state index contributed by atoms with van der Waals surface area (Å²) in [6.45, 7) is 0.266. The van der Waals surface area contributed by atoms with Crippen LogP contribution < -0.4 is 5.32 Å². The van der Waals surface area contributed by atoms with Crippen molar-refractivity contribution in [1.82, 2.24) is 10.2 Å². The average Bonchev–Trinajstić information content (AvgIpc) is 3.20. The van der Waals surface area contributed by atoms with Crippen molar-refractivity contribution in [3.8, 4) is 0 Å². The van der Waals surface area contributed by atoms with Crippen LogP contribution in [0, 0.1) is 0 Å². The van der Waals surface area contributed by atoms with Gasteiger partial charge in [-0.15, -0.1) is 4.40 Å². The van der Waals surface area contributed by atoms with E-state index in [4.69, 9.17) is 4.42 Å². The van der Waals surface area contributed by atoms with Crippen molar-refractivity contribution in [2.45, 2.75) is 6.04 Å². The van der Waals surface area contributed by atoms with Gasteiger partial charge in [-0.1, -0.05) is 30.3 Å². The molecule has 0 radical (unpaired) electrons. The predicted molar refractivity (Wildman–Crippen MR) is 100 cm³/mol. The summed E-state index contributed by atoms with van der Waals surface area (Å²) >= 11 is 0. The first-order valence-corrected chi connectivity index (χ1v) is 10.0. The summed E-state index contributed by atoms with van der Waals surface area (Å²) < 4.78 is 33.1. The minimum Gasteiger partial charge on any atom is -0.467 e. The molecule has 1 atom stereocenters. The van der Waals surface area contributed by atoms with Crippen LogP contribution in [-0.2, 0) is 14.8 Å². The number of carbonyl (C=O) groups is 1. The van der Waals surface area contributed by atoms with Gasteiger partial charge < -0.3 is 14.6 Å². The maximum atomic E-state index is 13.0. The number of nitrogens with one attached hydrogen (secondary N) is 1. The zero-order valence-corrected chi connectivity index (χ0v) is 15.1. The number of rotatable bonds is 4. The molecule has 3 heterocycles. The standard InChI is InChI=1S/C19H17N3O4S/c23-19(15-8-4-10-22-11-13-27(24,25)21-18(15)22)20-17(16-9-5-12-26-16)14-6-2-1-3-7-14/h1-10,12,17H,11,13H2,(H,20,23). The number of amides is 1. The Balaban J connectivity index is 1.66. The number of nitrogens with zero attached hydrogens (tertiary/aromatic N) is 2. The highest BCUT2D eigenvalue weighted by Crippen LogP contribution is 2.24. The molecule has 0 fully saturated rings. The molecule has 7 nitrogen and oxygen atoms in total. The lowest BCUT2D eigenvalue weighted by atomic mass is 10.0. The molecular weight excluding hydrogens is 366 g/mol. The van der Waals surface area contributed by atoms with Crippen LogP contribution in [0.4, 0.5) is 0 Å². The van der Waals surface area contributed by atoms with Crippen LogP contribution in [0.1, 0.15) is 17.4 Å². The van der Waals surface area contributed by atoms with E-state index in [0.29, 0.717) is 5.76 Å². The third-order valence-corrected chi connectivity index (χ3v) is 5.49. The Bertz CT molecular complexity index is 1040. The van der Waals surface area contributed by atoms with Gasteiger partial charge in [0.1, 0.15) is 11.8 Å². The summed E-state index contributed by atoms with van der Waals surface area (Å²) in [6.07, 6.45) is 6.52. The van der Waals surface area contributed by atoms with Crippen LogP contribution >= 0.6 is 0 Å². The molecule has 2 aliphatic heterocycles. The highest BCUT2D eigenvalue weighted by molar-refractivity contribution is 7.90. The van der Waals surface area contributed by atoms with Gasteiger partial charge in [0.2, 0.25) is 0 Å². The van der Waals surface area contributed by atoms with Crippen molar-refractivity contribution in [3.05, 3.63) is 84.0 Å². The molecular formula is C19H17N3O4S. The van der Waals surface area contributed by atoms with E-state index in [1.54, 1.807) is 41.6 Å². The molecule has 4 rings (SSSR count). The molecule has 0 aliphatic carbocycles. The molecule has 0 bridgehead atoms. The molecule has 1 aromatic carbocycles. The Morgan fingerprint density at radius 2 is 2.00 bits per heavy atom. The van der Waals surface area contributed by atoms with E-state index >= 15 is 0 Å². The van der Waals surface area contributed by atoms with Gasteiger partial charge in [0, 0.05) is 12.7 Å². The van der Waals surface area contributed by atoms with Gasteiger partial charge in [0.25, 0.3) is 15.9 Å². The second kappa shape index (κ2) is 6.88. The Morgan fingerprint density at radius 3 is 2.74 bits per heavy atom. The monoisotopic (exact) mass is 383 g/mol. The zero-order chi connectivity index (χ0) is 18.9. The number of carbonyl (C=O) groups excluding carboxylic acids is 1. The molecule has 2 aliphatic rings. The van der Waals surface area contributed by atoms with Crippen LogP contribution in [0.2, 0.25) is 0 Å². The Labute approximate surface area is 156 Å². The quantitative estimate of drug-likeness (QED) is 0.872. The minimum absolute atomic E-state index is 0.0746. The topological polar surface area (TPSA) is 92.0 Å². The molecule has 0 saturated carbocycles. The van der Waals surface area contributed by atoms with Crippen molar-refractivity contribution < 1.29 is 17.6 Å². The molecule has 1 aromatic heterocycles. The zero-order valence-electron chi connectivity index (χ0n) is 14.3. The highest BCUT2D eigenvalue weighted by atomic mass is 32.2. The molecule has 27 heavy (non-hydrogen) atoms. The molecule has 1 N–H and O–H groups in total. The fraction of sp³-hybridized carbons (Fsp3) is 0.158. The normalized spacial score (nSPS) is 18.9. The average molecular weight is 383 g/mol. The van der Waals surface area contributed by atoms with Crippen LogP contribution in [0.3, 0.4) is 0 Å². The van der Waals surface area contributed by atoms with Gasteiger partial charge >= 0.3 is 0 Å². The summed E-state index contributed by atoms with van der Waals surface area (Å²) in [4.78, 5) is 14.7. The van der Waals surface area contributed by atoms with Gasteiger partial charge in [-0.25, -0.2) is 8.42 Å². The van der Waals surface area contributed by atoms with E-state index < -0.39 is 22.0 Å². The fourth-order valence-corrected chi connectivity index (χ4v) is 4.01. The summed E-state index contributed by atoms with van der Waals surface area (Å²) in [6, 6.07) is 12.4. The lowest BCUT2D eigenvalue weighted by Crippen LogP contribution is -2.43. The van der Waals surface area contributed by atoms with Crippen LogP contribution in [-0.4, -0.2) is 37.4 Å². The van der Waals surface area contributed by atoms with Crippen LogP contribution in [0.5, 0.6) is 0 Å². The predicted octanol–water partition coefficient (Wildman–Crippen LogP) is 1.98. The fourth-order valence-electron chi connectivity index (χ4n) is 3.02. The van der Waals surface area contributed by atoms with Gasteiger partial charge in [0.05, 0.1) is 17.6 Å². The van der Waals surface area contributed by atoms with E-state index in [2.05, 4.69) is 9.71 Å². The Hall–Kier alpha value is -3.13. The van der Waals surface area contributed by atoms with Gasteiger partial charge in [-0.3, -0.25) is 4.79 Å². The maximum Gasteiger partial charge on any atom is 0.256 e. The first-order valence-electron chi connectivity index (χ1n) is 8.41. The van der Waals surface area contributed by atoms with Crippen molar-refractivity contribution in [1.29, 1.82) is 0 Å². The number of fused-ring (bicyclic) bond motifs is 1. The van der Waals surface area contributed by atoms with Crippen molar-refractivity contribution in [2.24, 2.45) is 4.40 Å². The van der Waals surface area contributed by atoms with Crippen molar-refractivity contribution in [3.63, 3.8) is 0 Å². The first kappa shape index (κ1) is 17.3. The number of hydrogen-bond donors (Lipinski definition) is 1. The van der Waals surface area contributed by atoms with Crippen molar-refractivity contribution >= 4 is 21.8 Å². The summed E-state index contributed by atoms with van der Waals surface area (Å²) in [5, 5.41) is 2.93. The second-order valence-corrected chi connectivity index (χ2v) is 7.90. The van der Waals surface area contributed by atoms with E-state index in [9.17, 15) is 13.2 Å². The molecule has 1 amide bonds. The highest BCUT2D eigenvalue weighted by Gasteiger charge is 2.31. The lowest BCUT2D eigenvalue weighted by Gasteiger charge is -2.29. The maximum absolute atomic E-state index is 13.0. The van der Waals surface area contributed by atoms with E-state index in [1.807, 2.05) is 30.3 Å². The van der Waals surface area contributed by atoms with Gasteiger partial charge in [-0.2, -0.15) is 0 Å². The van der Waals surface area contributed by atoms with Crippen molar-refractivity contribution in [2.75, 3.05) is 12.3 Å². The molecule has 0 saturated heterocycles. The second-order valence-electron chi connectivity index (χ2n) is 6.15. The number of hydrogen-bond acceptors (Lipinski definition) is 5. The molecule has 8 heteroatoms.